The Bertz CT molecular complexity index is 104. The van der Waals surface area contributed by atoms with Gasteiger partial charge >= 0.3 is 5.97 Å². The Hall–Kier alpha value is -0.0431. The molecule has 0 rings (SSSR count). The summed E-state index contributed by atoms with van der Waals surface area (Å²) in [7, 11) is 0.306. The second-order valence-corrected chi connectivity index (χ2v) is 2.71. The molecule has 11 heavy (non-hydrogen) atoms. The second-order valence-electron chi connectivity index (χ2n) is 1.73. The van der Waals surface area contributed by atoms with Gasteiger partial charge in [0.05, 0.1) is 0 Å². The molecule has 0 aliphatic carbocycles. The lowest BCUT2D eigenvalue weighted by atomic mass is 10.2. The van der Waals surface area contributed by atoms with Gasteiger partial charge in [0, 0.05) is 0 Å². The van der Waals surface area contributed by atoms with Gasteiger partial charge in [-0.25, -0.2) is 0 Å². The summed E-state index contributed by atoms with van der Waals surface area (Å²) in [5, 5.41) is 8.27. The average Bonchev–Trinajstić information content (AvgIpc) is 2.03. The first-order chi connectivity index (χ1) is 5.18. The van der Waals surface area contributed by atoms with E-state index in [1.165, 1.54) is 0 Å². The predicted octanol–water partition coefficient (Wildman–Crippen LogP) is -1.59. The van der Waals surface area contributed by atoms with Crippen molar-refractivity contribution >= 4 is 28.2 Å². The first-order valence-electron chi connectivity index (χ1n) is 3.10. The van der Waals surface area contributed by atoms with Gasteiger partial charge in [0.2, 0.25) is 0 Å². The number of carboxylic acid groups (broad SMARTS) is 1. The molecule has 0 amide bonds. The number of carbonyl (C=O) groups is 1. The van der Waals surface area contributed by atoms with Gasteiger partial charge in [-0.15, -0.1) is 0 Å². The average molecular weight is 197 g/mol. The molecule has 4 nitrogen and oxygen atoms in total. The molecule has 0 fully saturated rings. The van der Waals surface area contributed by atoms with Crippen LogP contribution in [-0.4, -0.2) is 44.4 Å². The zero-order valence-electron chi connectivity index (χ0n) is 6.78. The standard InChI is InChI=1S/C5H11NO2S.H4OSi/c1-9-3-2-4(6)5(7)8;1-2/h4H,2-3,6H2,1H3,(H,7,8);1H,2H3/t4-;/m0./s1. The van der Waals surface area contributed by atoms with Crippen LogP contribution < -0.4 is 5.73 Å². The van der Waals surface area contributed by atoms with Crippen molar-refractivity contribution < 1.29 is 14.7 Å². The van der Waals surface area contributed by atoms with E-state index in [1.54, 1.807) is 11.8 Å². The minimum absolute atomic E-state index is 0.306. The van der Waals surface area contributed by atoms with Gasteiger partial charge in [0.25, 0.3) is 0 Å². The fourth-order valence-corrected chi connectivity index (χ4v) is 0.858. The van der Waals surface area contributed by atoms with Crippen LogP contribution in [-0.2, 0) is 4.79 Å². The summed E-state index contributed by atoms with van der Waals surface area (Å²) < 4.78 is 0. The van der Waals surface area contributed by atoms with Crippen LogP contribution in [0.15, 0.2) is 0 Å². The monoisotopic (exact) mass is 197 g/mol. The normalized spacial score (nSPS) is 11.5. The molecule has 1 atom stereocenters. The fourth-order valence-electron chi connectivity index (χ4n) is 0.368. The van der Waals surface area contributed by atoms with Crippen molar-refractivity contribution in [2.45, 2.75) is 12.5 Å². The third kappa shape index (κ3) is 9.96. The molecule has 4 N–H and O–H groups in total. The van der Waals surface area contributed by atoms with Gasteiger partial charge in [0.1, 0.15) is 16.5 Å². The van der Waals surface area contributed by atoms with Gasteiger partial charge in [-0.05, 0) is 18.4 Å². The molecule has 0 spiro atoms. The maximum atomic E-state index is 10.1. The highest BCUT2D eigenvalue weighted by Crippen LogP contribution is 1.97. The molecule has 0 bridgehead atoms. The Kier molecular flexibility index (Phi) is 12.3. The lowest BCUT2D eigenvalue weighted by Gasteiger charge is -2.02. The quantitative estimate of drug-likeness (QED) is 0.473. The highest BCUT2D eigenvalue weighted by Gasteiger charge is 2.08. The van der Waals surface area contributed by atoms with E-state index in [-0.39, 0.29) is 0 Å². The van der Waals surface area contributed by atoms with E-state index >= 15 is 0 Å². The highest BCUT2D eigenvalue weighted by molar-refractivity contribution is 7.98. The van der Waals surface area contributed by atoms with Crippen molar-refractivity contribution in [2.75, 3.05) is 12.0 Å². The van der Waals surface area contributed by atoms with E-state index in [4.69, 9.17) is 15.6 Å². The van der Waals surface area contributed by atoms with E-state index in [9.17, 15) is 4.79 Å². The van der Waals surface area contributed by atoms with Crippen molar-refractivity contribution in [3.05, 3.63) is 0 Å². The van der Waals surface area contributed by atoms with Crippen LogP contribution in [0.25, 0.3) is 0 Å². The first kappa shape index (κ1) is 13.5. The van der Waals surface area contributed by atoms with Gasteiger partial charge in [0.15, 0.2) is 0 Å². The van der Waals surface area contributed by atoms with Gasteiger partial charge in [-0.2, -0.15) is 11.8 Å². The topological polar surface area (TPSA) is 83.6 Å². The number of hydrogen-bond donors (Lipinski definition) is 3. The van der Waals surface area contributed by atoms with Crippen LogP contribution >= 0.6 is 11.8 Å². The summed E-state index contributed by atoms with van der Waals surface area (Å²) in [5.41, 5.74) is 5.19. The van der Waals surface area contributed by atoms with Crippen LogP contribution in [0.1, 0.15) is 6.42 Å². The van der Waals surface area contributed by atoms with Gasteiger partial charge in [-0.3, -0.25) is 4.79 Å². The molecule has 0 radical (unpaired) electrons. The van der Waals surface area contributed by atoms with Crippen molar-refractivity contribution in [3.8, 4) is 0 Å². The maximum absolute atomic E-state index is 10.1. The lowest BCUT2D eigenvalue weighted by molar-refractivity contribution is -0.138. The number of carboxylic acids is 1. The Morgan fingerprint density at radius 1 is 1.73 bits per heavy atom. The minimum atomic E-state index is -0.913. The maximum Gasteiger partial charge on any atom is 0.320 e. The van der Waals surface area contributed by atoms with Crippen molar-refractivity contribution in [1.82, 2.24) is 0 Å². The zero-order chi connectivity index (χ0) is 9.28. The Labute approximate surface area is 73.7 Å². The van der Waals surface area contributed by atoms with Crippen molar-refractivity contribution in [1.29, 1.82) is 0 Å². The SMILES string of the molecule is CSCC[C@H](N)C(=O)O.O[SiH3]. The molecular weight excluding hydrogens is 182 g/mol. The van der Waals surface area contributed by atoms with Crippen LogP contribution in [0.5, 0.6) is 0 Å². The fraction of sp³-hybridized carbons (Fsp3) is 0.800. The largest absolute Gasteiger partial charge is 0.480 e. The molecule has 6 heteroatoms. The molecule has 0 aromatic heterocycles. The molecule has 0 heterocycles. The third-order valence-corrected chi connectivity index (χ3v) is 1.59. The van der Waals surface area contributed by atoms with Crippen LogP contribution in [0.3, 0.4) is 0 Å². The lowest BCUT2D eigenvalue weighted by Crippen LogP contribution is -2.30. The number of rotatable bonds is 4. The van der Waals surface area contributed by atoms with E-state index in [1.807, 2.05) is 6.26 Å². The summed E-state index contributed by atoms with van der Waals surface area (Å²) in [4.78, 5) is 17.2. The van der Waals surface area contributed by atoms with Crippen molar-refractivity contribution in [2.24, 2.45) is 5.73 Å². The van der Waals surface area contributed by atoms with Crippen LogP contribution in [0.4, 0.5) is 0 Å². The van der Waals surface area contributed by atoms with Gasteiger partial charge in [-0.1, -0.05) is 0 Å². The minimum Gasteiger partial charge on any atom is -0.480 e. The first-order valence-corrected chi connectivity index (χ1v) is 5.39. The molecule has 0 unspecified atom stereocenters. The van der Waals surface area contributed by atoms with Crippen molar-refractivity contribution in [3.63, 3.8) is 0 Å². The molecule has 0 aromatic rings. The molecule has 0 aliphatic rings. The predicted molar refractivity (Wildman–Crippen MR) is 50.8 cm³/mol. The smallest absolute Gasteiger partial charge is 0.320 e. The molecule has 68 valence electrons. The number of hydrogen-bond acceptors (Lipinski definition) is 4. The van der Waals surface area contributed by atoms with E-state index < -0.39 is 12.0 Å². The third-order valence-electron chi connectivity index (χ3n) is 0.950. The molecule has 0 saturated heterocycles. The summed E-state index contributed by atoms with van der Waals surface area (Å²) in [6, 6.07) is -0.683. The number of aliphatic carboxylic acids is 1. The molecule has 0 saturated carbocycles. The van der Waals surface area contributed by atoms with Crippen LogP contribution in [0.2, 0.25) is 0 Å². The van der Waals surface area contributed by atoms with Gasteiger partial charge < -0.3 is 15.6 Å². The van der Waals surface area contributed by atoms with E-state index in [0.29, 0.717) is 16.9 Å². The Morgan fingerprint density at radius 2 is 2.18 bits per heavy atom. The summed E-state index contributed by atoms with van der Waals surface area (Å²) >= 11 is 1.60. The van der Waals surface area contributed by atoms with E-state index in [0.717, 1.165) is 5.75 Å². The molecule has 0 aliphatic heterocycles. The molecular formula is C5H15NO3SSi. The number of thioether (sulfide) groups is 1. The van der Waals surface area contributed by atoms with Crippen LogP contribution in [0, 0.1) is 0 Å². The van der Waals surface area contributed by atoms with E-state index in [2.05, 4.69) is 0 Å². The Morgan fingerprint density at radius 3 is 2.45 bits per heavy atom. The second kappa shape index (κ2) is 9.96. The summed E-state index contributed by atoms with van der Waals surface area (Å²) in [6.45, 7) is 0. The highest BCUT2D eigenvalue weighted by atomic mass is 32.2. The zero-order valence-corrected chi connectivity index (χ0v) is 9.60. The summed E-state index contributed by atoms with van der Waals surface area (Å²) in [6.07, 6.45) is 2.48. The Balaban J connectivity index is 0. The summed E-state index contributed by atoms with van der Waals surface area (Å²) in [5.74, 6) is -0.1000. The molecule has 0 aromatic carbocycles. The number of nitrogens with two attached hydrogens (primary N) is 1.